The van der Waals surface area contributed by atoms with Gasteiger partial charge in [0, 0.05) is 22.5 Å². The second-order valence-corrected chi connectivity index (χ2v) is 7.34. The molecular weight excluding hydrogens is 290 g/mol. The minimum atomic E-state index is 0.605. The van der Waals surface area contributed by atoms with Crippen molar-refractivity contribution in [2.75, 3.05) is 6.54 Å². The number of carbonyl (C=O) groups is 1. The zero-order valence-electron chi connectivity index (χ0n) is 12.7. The lowest BCUT2D eigenvalue weighted by Gasteiger charge is -2.34. The number of fused-ring (bicyclic) bond motifs is 1. The van der Waals surface area contributed by atoms with E-state index in [1.165, 1.54) is 44.2 Å². The Kier molecular flexibility index (Phi) is 3.85. The molecule has 22 heavy (non-hydrogen) atoms. The van der Waals surface area contributed by atoms with Crippen molar-refractivity contribution in [3.8, 4) is 10.4 Å². The summed E-state index contributed by atoms with van der Waals surface area (Å²) in [5.41, 5.74) is 3.40. The van der Waals surface area contributed by atoms with Crippen LogP contribution in [0.1, 0.15) is 54.1 Å². The summed E-state index contributed by atoms with van der Waals surface area (Å²) in [7, 11) is 0. The minimum Gasteiger partial charge on any atom is -0.298 e. The second kappa shape index (κ2) is 5.98. The van der Waals surface area contributed by atoms with Gasteiger partial charge in [-0.15, -0.1) is 11.3 Å². The van der Waals surface area contributed by atoms with E-state index in [1.807, 2.05) is 11.4 Å². The number of hydrogen-bond donors (Lipinski definition) is 0. The third kappa shape index (κ3) is 2.42. The molecule has 0 amide bonds. The quantitative estimate of drug-likeness (QED) is 0.750. The van der Waals surface area contributed by atoms with E-state index >= 15 is 0 Å². The molecule has 2 saturated heterocycles. The van der Waals surface area contributed by atoms with Crippen molar-refractivity contribution in [3.05, 3.63) is 46.8 Å². The molecule has 1 aromatic heterocycles. The fourth-order valence-corrected chi connectivity index (χ4v) is 5.00. The fourth-order valence-electron chi connectivity index (χ4n) is 4.12. The molecule has 2 aliphatic heterocycles. The van der Waals surface area contributed by atoms with Crippen LogP contribution in [0.4, 0.5) is 0 Å². The number of carbonyl (C=O) groups excluding carboxylic acids is 1. The molecule has 2 atom stereocenters. The standard InChI is InChI=1S/C19H21NOS/c21-13-16-10-12-22-19(16)15-6-4-14(5-7-15)18-9-8-17-3-1-2-11-20(17)18/h4-7,10,12-13,17-18H,1-3,8-9,11H2. The summed E-state index contributed by atoms with van der Waals surface area (Å²) in [4.78, 5) is 14.9. The lowest BCUT2D eigenvalue weighted by atomic mass is 10.0. The Labute approximate surface area is 135 Å². The van der Waals surface area contributed by atoms with E-state index in [0.29, 0.717) is 6.04 Å². The summed E-state index contributed by atoms with van der Waals surface area (Å²) < 4.78 is 0. The predicted molar refractivity (Wildman–Crippen MR) is 91.5 cm³/mol. The van der Waals surface area contributed by atoms with Gasteiger partial charge in [-0.05, 0) is 54.8 Å². The van der Waals surface area contributed by atoms with Gasteiger partial charge in [0.2, 0.25) is 0 Å². The number of nitrogens with zero attached hydrogens (tertiary/aromatic N) is 1. The molecule has 3 heterocycles. The van der Waals surface area contributed by atoms with E-state index in [-0.39, 0.29) is 0 Å². The first kappa shape index (κ1) is 14.2. The molecular formula is C19H21NOS. The molecule has 2 unspecified atom stereocenters. The molecule has 2 aliphatic rings. The van der Waals surface area contributed by atoms with Gasteiger partial charge in [0.05, 0.1) is 0 Å². The van der Waals surface area contributed by atoms with Crippen molar-refractivity contribution in [2.24, 2.45) is 0 Å². The molecule has 0 spiro atoms. The van der Waals surface area contributed by atoms with Crippen molar-refractivity contribution < 1.29 is 4.79 Å². The van der Waals surface area contributed by atoms with Gasteiger partial charge in [-0.25, -0.2) is 0 Å². The van der Waals surface area contributed by atoms with Crippen LogP contribution in [0.5, 0.6) is 0 Å². The van der Waals surface area contributed by atoms with E-state index < -0.39 is 0 Å². The Balaban J connectivity index is 1.58. The maximum atomic E-state index is 11.1. The zero-order chi connectivity index (χ0) is 14.9. The van der Waals surface area contributed by atoms with Gasteiger partial charge in [0.1, 0.15) is 0 Å². The summed E-state index contributed by atoms with van der Waals surface area (Å²) in [5, 5.41) is 1.99. The van der Waals surface area contributed by atoms with Crippen LogP contribution >= 0.6 is 11.3 Å². The molecule has 0 aliphatic carbocycles. The number of aldehydes is 1. The van der Waals surface area contributed by atoms with Crippen molar-refractivity contribution in [1.29, 1.82) is 0 Å². The van der Waals surface area contributed by atoms with Crippen LogP contribution in [0.25, 0.3) is 10.4 Å². The predicted octanol–water partition coefficient (Wildman–Crippen LogP) is 4.92. The number of benzene rings is 1. The van der Waals surface area contributed by atoms with Crippen LogP contribution in [-0.2, 0) is 0 Å². The highest BCUT2D eigenvalue weighted by Crippen LogP contribution is 2.41. The first-order chi connectivity index (χ1) is 10.9. The number of hydrogen-bond acceptors (Lipinski definition) is 3. The van der Waals surface area contributed by atoms with E-state index in [1.54, 1.807) is 11.3 Å². The van der Waals surface area contributed by atoms with Crippen LogP contribution in [0.2, 0.25) is 0 Å². The molecule has 4 rings (SSSR count). The second-order valence-electron chi connectivity index (χ2n) is 6.43. The van der Waals surface area contributed by atoms with Crippen molar-refractivity contribution >= 4 is 17.6 Å². The zero-order valence-corrected chi connectivity index (χ0v) is 13.5. The van der Waals surface area contributed by atoms with E-state index in [2.05, 4.69) is 29.2 Å². The largest absolute Gasteiger partial charge is 0.298 e. The van der Waals surface area contributed by atoms with Gasteiger partial charge in [-0.2, -0.15) is 0 Å². The maximum Gasteiger partial charge on any atom is 0.151 e. The Morgan fingerprint density at radius 1 is 1.05 bits per heavy atom. The SMILES string of the molecule is O=Cc1ccsc1-c1ccc(C2CCC3CCCCN32)cc1. The van der Waals surface area contributed by atoms with Crippen LogP contribution in [0, 0.1) is 0 Å². The molecule has 0 N–H and O–H groups in total. The summed E-state index contributed by atoms with van der Waals surface area (Å²) in [5.74, 6) is 0. The average molecular weight is 311 g/mol. The third-order valence-corrected chi connectivity index (χ3v) is 6.21. The lowest BCUT2D eigenvalue weighted by Crippen LogP contribution is -2.35. The first-order valence-electron chi connectivity index (χ1n) is 8.25. The Morgan fingerprint density at radius 3 is 2.73 bits per heavy atom. The smallest absolute Gasteiger partial charge is 0.151 e. The number of rotatable bonds is 3. The van der Waals surface area contributed by atoms with E-state index in [0.717, 1.165) is 28.3 Å². The highest BCUT2D eigenvalue weighted by atomic mass is 32.1. The summed E-state index contributed by atoms with van der Waals surface area (Å²) >= 11 is 1.64. The van der Waals surface area contributed by atoms with Crippen molar-refractivity contribution in [1.82, 2.24) is 4.90 Å². The molecule has 0 radical (unpaired) electrons. The molecule has 0 bridgehead atoms. The van der Waals surface area contributed by atoms with Crippen LogP contribution in [0.15, 0.2) is 35.7 Å². The average Bonchev–Trinajstić information content (AvgIpc) is 3.21. The molecule has 2 aromatic rings. The van der Waals surface area contributed by atoms with Crippen molar-refractivity contribution in [2.45, 2.75) is 44.2 Å². The normalized spacial score (nSPS) is 25.1. The van der Waals surface area contributed by atoms with Gasteiger partial charge in [0.15, 0.2) is 6.29 Å². The third-order valence-electron chi connectivity index (χ3n) is 5.23. The lowest BCUT2D eigenvalue weighted by molar-refractivity contribution is 0.112. The van der Waals surface area contributed by atoms with Crippen LogP contribution in [-0.4, -0.2) is 23.8 Å². The molecule has 2 fully saturated rings. The summed E-state index contributed by atoms with van der Waals surface area (Å²) in [6.07, 6.45) is 7.74. The molecule has 3 heteroatoms. The van der Waals surface area contributed by atoms with Gasteiger partial charge in [0.25, 0.3) is 0 Å². The summed E-state index contributed by atoms with van der Waals surface area (Å²) in [6.45, 7) is 1.26. The van der Waals surface area contributed by atoms with Gasteiger partial charge in [-0.1, -0.05) is 30.7 Å². The Bertz CT molecular complexity index is 660. The highest BCUT2D eigenvalue weighted by Gasteiger charge is 2.35. The Morgan fingerprint density at radius 2 is 1.91 bits per heavy atom. The fraction of sp³-hybridized carbons (Fsp3) is 0.421. The monoisotopic (exact) mass is 311 g/mol. The number of thiophene rings is 1. The van der Waals surface area contributed by atoms with Gasteiger partial charge >= 0.3 is 0 Å². The molecule has 1 aromatic carbocycles. The molecule has 0 saturated carbocycles. The number of piperidine rings is 1. The van der Waals surface area contributed by atoms with E-state index in [4.69, 9.17) is 0 Å². The topological polar surface area (TPSA) is 20.3 Å². The maximum absolute atomic E-state index is 11.1. The summed E-state index contributed by atoms with van der Waals surface area (Å²) in [6, 6.07) is 12.2. The van der Waals surface area contributed by atoms with Crippen LogP contribution in [0.3, 0.4) is 0 Å². The van der Waals surface area contributed by atoms with Crippen LogP contribution < -0.4 is 0 Å². The first-order valence-corrected chi connectivity index (χ1v) is 9.13. The Hall–Kier alpha value is -1.45. The van der Waals surface area contributed by atoms with Gasteiger partial charge < -0.3 is 0 Å². The molecule has 114 valence electrons. The highest BCUT2D eigenvalue weighted by molar-refractivity contribution is 7.14. The molecule has 2 nitrogen and oxygen atoms in total. The minimum absolute atomic E-state index is 0.605. The van der Waals surface area contributed by atoms with E-state index in [9.17, 15) is 4.79 Å². The van der Waals surface area contributed by atoms with Crippen molar-refractivity contribution in [3.63, 3.8) is 0 Å². The van der Waals surface area contributed by atoms with Gasteiger partial charge in [-0.3, -0.25) is 9.69 Å².